The monoisotopic (exact) mass is 366 g/mol. The molecule has 6 heteroatoms. The average Bonchev–Trinajstić information content (AvgIpc) is 2.86. The van der Waals surface area contributed by atoms with Crippen molar-refractivity contribution >= 4 is 18.3 Å². The van der Waals surface area contributed by atoms with Gasteiger partial charge in [-0.15, -0.1) is 19.0 Å². The second kappa shape index (κ2) is 8.59. The Morgan fingerprint density at radius 3 is 2.72 bits per heavy atom. The Bertz CT molecular complexity index is 621. The Morgan fingerprint density at radius 2 is 2.04 bits per heavy atom. The van der Waals surface area contributed by atoms with E-state index < -0.39 is 0 Å². The number of nitrogens with zero attached hydrogens (tertiary/aromatic N) is 1. The fourth-order valence-electron chi connectivity index (χ4n) is 3.94. The third-order valence-corrected chi connectivity index (χ3v) is 5.06. The van der Waals surface area contributed by atoms with E-state index in [2.05, 4.69) is 16.8 Å². The number of benzene rings is 1. The van der Waals surface area contributed by atoms with Gasteiger partial charge in [0, 0.05) is 29.8 Å². The van der Waals surface area contributed by atoms with Gasteiger partial charge in [-0.05, 0) is 44.4 Å². The summed E-state index contributed by atoms with van der Waals surface area (Å²) in [5.41, 5.74) is 1.60. The van der Waals surface area contributed by atoms with Crippen molar-refractivity contribution in [2.75, 3.05) is 27.3 Å². The van der Waals surface area contributed by atoms with Crippen molar-refractivity contribution in [2.45, 2.75) is 37.8 Å². The Labute approximate surface area is 155 Å². The van der Waals surface area contributed by atoms with E-state index in [1.54, 1.807) is 20.3 Å². The van der Waals surface area contributed by atoms with E-state index in [-0.39, 0.29) is 18.3 Å². The van der Waals surface area contributed by atoms with E-state index in [0.29, 0.717) is 35.6 Å². The molecule has 2 fully saturated rings. The Kier molecular flexibility index (Phi) is 6.73. The smallest absolute Gasteiger partial charge is 0.254 e. The maximum absolute atomic E-state index is 13.2. The van der Waals surface area contributed by atoms with E-state index in [1.807, 2.05) is 12.1 Å². The molecule has 3 rings (SSSR count). The summed E-state index contributed by atoms with van der Waals surface area (Å²) in [6, 6.07) is 4.35. The lowest BCUT2D eigenvalue weighted by Gasteiger charge is -2.28. The number of hydrogen-bond donors (Lipinski definition) is 1. The number of hydrogen-bond acceptors (Lipinski definition) is 4. The third kappa shape index (κ3) is 3.77. The molecule has 5 nitrogen and oxygen atoms in total. The summed E-state index contributed by atoms with van der Waals surface area (Å²) in [6.45, 7) is 5.67. The van der Waals surface area contributed by atoms with E-state index >= 15 is 0 Å². The molecule has 1 aromatic carbocycles. The topological polar surface area (TPSA) is 50.8 Å². The van der Waals surface area contributed by atoms with Crippen LogP contribution in [0.25, 0.3) is 0 Å². The molecule has 2 heterocycles. The van der Waals surface area contributed by atoms with Crippen molar-refractivity contribution in [2.24, 2.45) is 0 Å². The molecule has 0 saturated carbocycles. The number of allylic oxidation sites excluding steroid dienone is 1. The van der Waals surface area contributed by atoms with Crippen LogP contribution < -0.4 is 14.8 Å². The molecular formula is C19H27ClN2O3. The number of amides is 1. The number of ether oxygens (including phenoxy) is 2. The first-order valence-electron chi connectivity index (χ1n) is 8.58. The molecule has 2 unspecified atom stereocenters. The summed E-state index contributed by atoms with van der Waals surface area (Å²) in [4.78, 5) is 15.3. The summed E-state index contributed by atoms with van der Waals surface area (Å²) >= 11 is 0. The zero-order valence-corrected chi connectivity index (χ0v) is 15.7. The fourth-order valence-corrected chi connectivity index (χ4v) is 3.94. The summed E-state index contributed by atoms with van der Waals surface area (Å²) in [5.74, 6) is 1.37. The molecule has 0 radical (unpaired) electrons. The lowest BCUT2D eigenvalue weighted by Crippen LogP contribution is -2.42. The van der Waals surface area contributed by atoms with Crippen LogP contribution in [-0.4, -0.2) is 50.2 Å². The third-order valence-electron chi connectivity index (χ3n) is 5.06. The summed E-state index contributed by atoms with van der Waals surface area (Å²) in [6.07, 6.45) is 5.65. The number of halogens is 1. The lowest BCUT2D eigenvalue weighted by atomic mass is 10.0. The predicted octanol–water partition coefficient (Wildman–Crippen LogP) is 2.82. The molecule has 2 atom stereocenters. The van der Waals surface area contributed by atoms with E-state index in [4.69, 9.17) is 9.47 Å². The van der Waals surface area contributed by atoms with Crippen molar-refractivity contribution < 1.29 is 14.3 Å². The minimum Gasteiger partial charge on any atom is -0.493 e. The molecule has 2 bridgehead atoms. The second-order valence-electron chi connectivity index (χ2n) is 6.45. The van der Waals surface area contributed by atoms with Gasteiger partial charge >= 0.3 is 0 Å². The van der Waals surface area contributed by atoms with E-state index in [1.165, 1.54) is 0 Å². The Hall–Kier alpha value is -1.72. The average molecular weight is 367 g/mol. The van der Waals surface area contributed by atoms with Gasteiger partial charge in [-0.25, -0.2) is 0 Å². The van der Waals surface area contributed by atoms with Gasteiger partial charge in [0.15, 0.2) is 11.5 Å². The summed E-state index contributed by atoms with van der Waals surface area (Å²) in [5, 5.41) is 3.44. The number of rotatable bonds is 5. The zero-order chi connectivity index (χ0) is 17.1. The van der Waals surface area contributed by atoms with Crippen molar-refractivity contribution in [1.29, 1.82) is 0 Å². The van der Waals surface area contributed by atoms with Crippen LogP contribution in [0.15, 0.2) is 24.8 Å². The molecule has 0 aliphatic carbocycles. The molecule has 0 spiro atoms. The van der Waals surface area contributed by atoms with Crippen LogP contribution in [0.2, 0.25) is 0 Å². The standard InChI is InChI=1S/C19H26N2O3.ClH/c1-4-5-13-10-14(11-17(23-2)18(13)24-3)19(22)21-15-6-7-16(21)12-20-9-8-15;/h4,10-11,15-16,20H,1,5-9,12H2,2-3H3;1H. The second-order valence-corrected chi connectivity index (χ2v) is 6.45. The van der Waals surface area contributed by atoms with Crippen LogP contribution in [0.3, 0.4) is 0 Å². The molecule has 25 heavy (non-hydrogen) atoms. The first kappa shape index (κ1) is 19.6. The van der Waals surface area contributed by atoms with Crippen LogP contribution in [-0.2, 0) is 6.42 Å². The van der Waals surface area contributed by atoms with Crippen molar-refractivity contribution in [3.05, 3.63) is 35.9 Å². The number of fused-ring (bicyclic) bond motifs is 2. The highest BCUT2D eigenvalue weighted by Gasteiger charge is 2.38. The Morgan fingerprint density at radius 1 is 1.28 bits per heavy atom. The normalized spacial score (nSPS) is 21.9. The molecular weight excluding hydrogens is 340 g/mol. The molecule has 1 aromatic rings. The number of carbonyl (C=O) groups is 1. The molecule has 1 N–H and O–H groups in total. The van der Waals surface area contributed by atoms with Crippen molar-refractivity contribution in [1.82, 2.24) is 10.2 Å². The molecule has 0 aromatic heterocycles. The minimum absolute atomic E-state index is 0. The van der Waals surface area contributed by atoms with Crippen molar-refractivity contribution in [3.63, 3.8) is 0 Å². The summed E-state index contributed by atoms with van der Waals surface area (Å²) < 4.78 is 10.9. The molecule has 2 aliphatic rings. The maximum Gasteiger partial charge on any atom is 0.254 e. The van der Waals surface area contributed by atoms with Crippen molar-refractivity contribution in [3.8, 4) is 11.5 Å². The minimum atomic E-state index is 0. The van der Waals surface area contributed by atoms with Gasteiger partial charge in [0.05, 0.1) is 14.2 Å². The van der Waals surface area contributed by atoms with Gasteiger partial charge in [-0.1, -0.05) is 6.08 Å². The van der Waals surface area contributed by atoms with Crippen LogP contribution in [0, 0.1) is 0 Å². The molecule has 2 aliphatic heterocycles. The highest BCUT2D eigenvalue weighted by molar-refractivity contribution is 5.96. The Balaban J connectivity index is 0.00000225. The number of carbonyl (C=O) groups excluding carboxylic acids is 1. The van der Waals surface area contributed by atoms with Crippen LogP contribution in [0.4, 0.5) is 0 Å². The van der Waals surface area contributed by atoms with Gasteiger partial charge in [0.1, 0.15) is 0 Å². The fraction of sp³-hybridized carbons (Fsp3) is 0.526. The molecule has 138 valence electrons. The number of methoxy groups -OCH3 is 2. The maximum atomic E-state index is 13.2. The zero-order valence-electron chi connectivity index (χ0n) is 14.9. The van der Waals surface area contributed by atoms with Crippen LogP contribution >= 0.6 is 12.4 Å². The highest BCUT2D eigenvalue weighted by atomic mass is 35.5. The predicted molar refractivity (Wildman–Crippen MR) is 101 cm³/mol. The van der Waals surface area contributed by atoms with Crippen LogP contribution in [0.1, 0.15) is 35.2 Å². The first-order valence-corrected chi connectivity index (χ1v) is 8.58. The lowest BCUT2D eigenvalue weighted by molar-refractivity contribution is 0.0679. The van der Waals surface area contributed by atoms with Gasteiger partial charge in [0.25, 0.3) is 5.91 Å². The molecule has 1 amide bonds. The molecule has 2 saturated heterocycles. The van der Waals surface area contributed by atoms with Gasteiger partial charge < -0.3 is 19.7 Å². The van der Waals surface area contributed by atoms with E-state index in [0.717, 1.165) is 37.9 Å². The first-order chi connectivity index (χ1) is 11.7. The largest absolute Gasteiger partial charge is 0.493 e. The van der Waals surface area contributed by atoms with Gasteiger partial charge in [-0.2, -0.15) is 0 Å². The van der Waals surface area contributed by atoms with Crippen LogP contribution in [0.5, 0.6) is 11.5 Å². The highest BCUT2D eigenvalue weighted by Crippen LogP contribution is 2.35. The quantitative estimate of drug-likeness (QED) is 0.814. The SMILES string of the molecule is C=CCc1cc(C(=O)N2C3CCNCC2CC3)cc(OC)c1OC.Cl. The number of nitrogens with one attached hydrogen (secondary N) is 1. The van der Waals surface area contributed by atoms with E-state index in [9.17, 15) is 4.79 Å². The van der Waals surface area contributed by atoms with Gasteiger partial charge in [0.2, 0.25) is 0 Å². The summed E-state index contributed by atoms with van der Waals surface area (Å²) in [7, 11) is 3.22. The van der Waals surface area contributed by atoms with Gasteiger partial charge in [-0.3, -0.25) is 4.79 Å².